The number of carboxylic acid groups (broad SMARTS) is 1. The Morgan fingerprint density at radius 2 is 2.11 bits per heavy atom. The molecule has 1 aliphatic heterocycles. The lowest BCUT2D eigenvalue weighted by Gasteiger charge is -2.23. The van der Waals surface area contributed by atoms with Crippen LogP contribution in [0.25, 0.3) is 0 Å². The number of ketones is 1. The van der Waals surface area contributed by atoms with E-state index < -0.39 is 17.9 Å². The number of aliphatic carboxylic acids is 1. The Labute approximate surface area is 112 Å². The zero-order chi connectivity index (χ0) is 13.3. The molecule has 0 aromatic heterocycles. The van der Waals surface area contributed by atoms with Crippen LogP contribution in [0.15, 0.2) is 28.7 Å². The van der Waals surface area contributed by atoms with Crippen LogP contribution in [0, 0.1) is 0 Å². The molecule has 2 rings (SSSR count). The number of halogens is 1. The van der Waals surface area contributed by atoms with Crippen molar-refractivity contribution >= 4 is 33.6 Å². The molecule has 0 spiro atoms. The zero-order valence-corrected chi connectivity index (χ0v) is 10.9. The molecular weight excluding hydrogens is 302 g/mol. The first-order valence-corrected chi connectivity index (χ1v) is 6.08. The van der Waals surface area contributed by atoms with Gasteiger partial charge in [0.25, 0.3) is 0 Å². The van der Waals surface area contributed by atoms with Crippen molar-refractivity contribution in [2.24, 2.45) is 0 Å². The lowest BCUT2D eigenvalue weighted by atomic mass is 10.1. The van der Waals surface area contributed by atoms with Crippen molar-refractivity contribution in [3.05, 3.63) is 34.3 Å². The van der Waals surface area contributed by atoms with Crippen LogP contribution in [0.3, 0.4) is 0 Å². The fourth-order valence-corrected chi connectivity index (χ4v) is 2.39. The number of hydrogen-bond donors (Lipinski definition) is 1. The molecule has 1 atom stereocenters. The van der Waals surface area contributed by atoms with Gasteiger partial charge < -0.3 is 10.0 Å². The van der Waals surface area contributed by atoms with E-state index in [2.05, 4.69) is 15.9 Å². The number of carbonyl (C=O) groups is 3. The standard InChI is InChI=1S/C12H10BrNO4/c13-8-3-1-2-7(4-8)11(12(17)18)14-6-9(15)5-10(14)16/h1-4,11H,5-6H2,(H,17,18). The molecule has 1 saturated heterocycles. The average Bonchev–Trinajstić information content (AvgIpc) is 2.58. The number of hydrogen-bond acceptors (Lipinski definition) is 3. The largest absolute Gasteiger partial charge is 0.479 e. The Kier molecular flexibility index (Phi) is 3.47. The number of carbonyl (C=O) groups excluding carboxylic acids is 2. The van der Waals surface area contributed by atoms with Crippen LogP contribution < -0.4 is 0 Å². The van der Waals surface area contributed by atoms with E-state index in [-0.39, 0.29) is 18.7 Å². The molecule has 1 aromatic carbocycles. The third kappa shape index (κ3) is 2.43. The van der Waals surface area contributed by atoms with Gasteiger partial charge in [-0.3, -0.25) is 9.59 Å². The van der Waals surface area contributed by atoms with Crippen LogP contribution in [-0.2, 0) is 14.4 Å². The average molecular weight is 312 g/mol. The third-order valence-corrected chi connectivity index (χ3v) is 3.22. The van der Waals surface area contributed by atoms with Crippen LogP contribution in [0.1, 0.15) is 18.0 Å². The molecule has 1 fully saturated rings. The summed E-state index contributed by atoms with van der Waals surface area (Å²) >= 11 is 3.25. The van der Waals surface area contributed by atoms with Crippen molar-refractivity contribution in [3.63, 3.8) is 0 Å². The van der Waals surface area contributed by atoms with Crippen molar-refractivity contribution in [2.75, 3.05) is 6.54 Å². The number of carboxylic acids is 1. The first-order chi connectivity index (χ1) is 8.49. The molecule has 0 bridgehead atoms. The van der Waals surface area contributed by atoms with E-state index in [0.717, 1.165) is 9.37 Å². The lowest BCUT2D eigenvalue weighted by Crippen LogP contribution is -2.35. The summed E-state index contributed by atoms with van der Waals surface area (Å²) in [6, 6.07) is 5.60. The Balaban J connectivity index is 2.38. The molecule has 1 unspecified atom stereocenters. The second-order valence-corrected chi connectivity index (χ2v) is 4.95. The van der Waals surface area contributed by atoms with Gasteiger partial charge in [0.2, 0.25) is 5.91 Å². The second-order valence-electron chi connectivity index (χ2n) is 4.03. The van der Waals surface area contributed by atoms with E-state index in [1.165, 1.54) is 0 Å². The molecule has 1 N–H and O–H groups in total. The molecule has 1 aliphatic rings. The summed E-state index contributed by atoms with van der Waals surface area (Å²) in [5, 5.41) is 9.26. The van der Waals surface area contributed by atoms with Crippen LogP contribution in [0.5, 0.6) is 0 Å². The van der Waals surface area contributed by atoms with Crippen molar-refractivity contribution in [1.82, 2.24) is 4.90 Å². The number of Topliss-reactive ketones (excluding diaryl/α,β-unsaturated/α-hetero) is 1. The number of likely N-dealkylation sites (tertiary alicyclic amines) is 1. The minimum Gasteiger partial charge on any atom is -0.479 e. The highest BCUT2D eigenvalue weighted by Crippen LogP contribution is 2.27. The Bertz CT molecular complexity index is 529. The van der Waals surface area contributed by atoms with Gasteiger partial charge in [-0.05, 0) is 17.7 Å². The van der Waals surface area contributed by atoms with E-state index in [1.54, 1.807) is 24.3 Å². The van der Waals surface area contributed by atoms with Gasteiger partial charge >= 0.3 is 5.97 Å². The summed E-state index contributed by atoms with van der Waals surface area (Å²) in [6.07, 6.45) is -0.211. The van der Waals surface area contributed by atoms with Gasteiger partial charge in [0, 0.05) is 4.47 Å². The fraction of sp³-hybridized carbons (Fsp3) is 0.250. The minimum atomic E-state index is -1.14. The van der Waals surface area contributed by atoms with Gasteiger partial charge in [0.1, 0.15) is 0 Å². The maximum absolute atomic E-state index is 11.6. The second kappa shape index (κ2) is 4.89. The number of nitrogens with zero attached hydrogens (tertiary/aromatic N) is 1. The highest BCUT2D eigenvalue weighted by Gasteiger charge is 2.37. The summed E-state index contributed by atoms with van der Waals surface area (Å²) < 4.78 is 0.726. The molecule has 18 heavy (non-hydrogen) atoms. The van der Waals surface area contributed by atoms with Crippen molar-refractivity contribution in [2.45, 2.75) is 12.5 Å². The van der Waals surface area contributed by atoms with Crippen LogP contribution in [0.2, 0.25) is 0 Å². The zero-order valence-electron chi connectivity index (χ0n) is 9.30. The Hall–Kier alpha value is -1.69. The Morgan fingerprint density at radius 1 is 1.39 bits per heavy atom. The normalized spacial score (nSPS) is 17.1. The van der Waals surface area contributed by atoms with Gasteiger partial charge in [-0.2, -0.15) is 0 Å². The summed E-state index contributed by atoms with van der Waals surface area (Å²) in [4.78, 5) is 35.3. The molecule has 6 heteroatoms. The minimum absolute atomic E-state index is 0.137. The monoisotopic (exact) mass is 311 g/mol. The van der Waals surface area contributed by atoms with Crippen LogP contribution >= 0.6 is 15.9 Å². The van der Waals surface area contributed by atoms with Crippen molar-refractivity contribution in [3.8, 4) is 0 Å². The van der Waals surface area contributed by atoms with Gasteiger partial charge in [0.15, 0.2) is 11.8 Å². The predicted octanol–water partition coefficient (Wildman–Crippen LogP) is 1.38. The molecule has 94 valence electrons. The first-order valence-electron chi connectivity index (χ1n) is 5.28. The molecular formula is C12H10BrNO4. The topological polar surface area (TPSA) is 74.7 Å². The number of rotatable bonds is 3. The maximum atomic E-state index is 11.6. The summed E-state index contributed by atoms with van der Waals surface area (Å²) in [5.74, 6) is -1.83. The fourth-order valence-electron chi connectivity index (χ4n) is 1.97. The van der Waals surface area contributed by atoms with E-state index >= 15 is 0 Å². The van der Waals surface area contributed by atoms with Crippen molar-refractivity contribution < 1.29 is 19.5 Å². The smallest absolute Gasteiger partial charge is 0.331 e. The first kappa shape index (κ1) is 12.8. The molecule has 0 saturated carbocycles. The summed E-state index contributed by atoms with van der Waals surface area (Å²) in [6.45, 7) is -0.137. The van der Waals surface area contributed by atoms with Crippen LogP contribution in [-0.4, -0.2) is 34.2 Å². The quantitative estimate of drug-likeness (QED) is 0.856. The highest BCUT2D eigenvalue weighted by molar-refractivity contribution is 9.10. The lowest BCUT2D eigenvalue weighted by molar-refractivity contribution is -0.148. The third-order valence-electron chi connectivity index (χ3n) is 2.73. The van der Waals surface area contributed by atoms with Crippen LogP contribution in [0.4, 0.5) is 0 Å². The van der Waals surface area contributed by atoms with Gasteiger partial charge in [-0.15, -0.1) is 0 Å². The van der Waals surface area contributed by atoms with E-state index in [0.29, 0.717) is 5.56 Å². The van der Waals surface area contributed by atoms with Crippen molar-refractivity contribution in [1.29, 1.82) is 0 Å². The van der Waals surface area contributed by atoms with E-state index in [1.807, 2.05) is 0 Å². The van der Waals surface area contributed by atoms with E-state index in [9.17, 15) is 19.5 Å². The summed E-state index contributed by atoms with van der Waals surface area (Å²) in [5.41, 5.74) is 0.472. The molecule has 5 nitrogen and oxygen atoms in total. The van der Waals surface area contributed by atoms with Gasteiger partial charge in [-0.1, -0.05) is 28.1 Å². The number of benzene rings is 1. The molecule has 0 radical (unpaired) electrons. The molecule has 1 heterocycles. The molecule has 1 aromatic rings. The van der Waals surface area contributed by atoms with Gasteiger partial charge in [0.05, 0.1) is 13.0 Å². The number of amides is 1. The molecule has 0 aliphatic carbocycles. The molecule has 1 amide bonds. The maximum Gasteiger partial charge on any atom is 0.331 e. The van der Waals surface area contributed by atoms with E-state index in [4.69, 9.17) is 0 Å². The summed E-state index contributed by atoms with van der Waals surface area (Å²) in [7, 11) is 0. The predicted molar refractivity (Wildman–Crippen MR) is 65.9 cm³/mol. The van der Waals surface area contributed by atoms with Gasteiger partial charge in [-0.25, -0.2) is 4.79 Å². The Morgan fingerprint density at radius 3 is 2.61 bits per heavy atom. The SMILES string of the molecule is O=C1CC(=O)N(C(C(=O)O)c2cccc(Br)c2)C1. The highest BCUT2D eigenvalue weighted by atomic mass is 79.9.